The van der Waals surface area contributed by atoms with Gasteiger partial charge in [-0.25, -0.2) is 0 Å². The van der Waals surface area contributed by atoms with Crippen molar-refractivity contribution >= 4 is 39.0 Å². The molecule has 0 aromatic heterocycles. The predicted octanol–water partition coefficient (Wildman–Crippen LogP) is 2.63. The fourth-order valence-electron chi connectivity index (χ4n) is 1.45. The standard InChI is InChI=1S/C12H15BrN2OS/c1-2-8(7-11(14)17)15-12(16)9-5-3-4-6-10(9)13/h3-6,8H,2,7H2,1H3,(H2,14,17)(H,15,16). The quantitative estimate of drug-likeness (QED) is 0.821. The number of hydrogen-bond donors (Lipinski definition) is 2. The van der Waals surface area contributed by atoms with Crippen LogP contribution in [0.15, 0.2) is 28.7 Å². The van der Waals surface area contributed by atoms with E-state index in [1.54, 1.807) is 6.07 Å². The Morgan fingerprint density at radius 3 is 2.71 bits per heavy atom. The van der Waals surface area contributed by atoms with Gasteiger partial charge in [0, 0.05) is 16.9 Å². The largest absolute Gasteiger partial charge is 0.393 e. The first-order valence-corrected chi connectivity index (χ1v) is 6.58. The summed E-state index contributed by atoms with van der Waals surface area (Å²) in [5.41, 5.74) is 6.10. The maximum atomic E-state index is 12.0. The van der Waals surface area contributed by atoms with Gasteiger partial charge in [-0.15, -0.1) is 0 Å². The highest BCUT2D eigenvalue weighted by Crippen LogP contribution is 2.16. The van der Waals surface area contributed by atoms with Crippen LogP contribution in [0.3, 0.4) is 0 Å². The third-order valence-electron chi connectivity index (χ3n) is 2.39. The number of benzene rings is 1. The van der Waals surface area contributed by atoms with Crippen molar-refractivity contribution in [1.29, 1.82) is 0 Å². The van der Waals surface area contributed by atoms with Crippen molar-refractivity contribution in [2.45, 2.75) is 25.8 Å². The summed E-state index contributed by atoms with van der Waals surface area (Å²) in [6.45, 7) is 1.99. The van der Waals surface area contributed by atoms with Crippen LogP contribution in [0.4, 0.5) is 0 Å². The normalized spacial score (nSPS) is 11.9. The second-order valence-corrected chi connectivity index (χ2v) is 5.11. The molecule has 1 aromatic rings. The summed E-state index contributed by atoms with van der Waals surface area (Å²) >= 11 is 8.20. The maximum Gasteiger partial charge on any atom is 0.252 e. The molecule has 1 unspecified atom stereocenters. The number of amides is 1. The van der Waals surface area contributed by atoms with Gasteiger partial charge in [0.25, 0.3) is 5.91 Å². The molecule has 3 N–H and O–H groups in total. The molecule has 0 saturated heterocycles. The molecule has 1 aromatic carbocycles. The summed E-state index contributed by atoms with van der Waals surface area (Å²) in [6, 6.07) is 7.30. The lowest BCUT2D eigenvalue weighted by atomic mass is 10.1. The minimum Gasteiger partial charge on any atom is -0.393 e. The Bertz CT molecular complexity index is 423. The molecule has 3 nitrogen and oxygen atoms in total. The number of thiocarbonyl (C=S) groups is 1. The van der Waals surface area contributed by atoms with E-state index in [1.165, 1.54) is 0 Å². The molecule has 5 heteroatoms. The number of rotatable bonds is 5. The van der Waals surface area contributed by atoms with Gasteiger partial charge < -0.3 is 11.1 Å². The molecule has 92 valence electrons. The SMILES string of the molecule is CCC(CC(N)=S)NC(=O)c1ccccc1Br. The van der Waals surface area contributed by atoms with E-state index in [2.05, 4.69) is 21.2 Å². The van der Waals surface area contributed by atoms with Gasteiger partial charge in [0.1, 0.15) is 0 Å². The summed E-state index contributed by atoms with van der Waals surface area (Å²) in [4.78, 5) is 12.4. The molecule has 0 spiro atoms. The third-order valence-corrected chi connectivity index (χ3v) is 3.25. The highest BCUT2D eigenvalue weighted by molar-refractivity contribution is 9.10. The molecule has 0 radical (unpaired) electrons. The molecule has 0 aliphatic rings. The average molecular weight is 315 g/mol. The minimum absolute atomic E-state index is 0.00731. The smallest absolute Gasteiger partial charge is 0.252 e. The highest BCUT2D eigenvalue weighted by Gasteiger charge is 2.14. The first kappa shape index (κ1) is 14.1. The topological polar surface area (TPSA) is 55.1 Å². The lowest BCUT2D eigenvalue weighted by Gasteiger charge is -2.16. The van der Waals surface area contributed by atoms with Gasteiger partial charge in [-0.05, 0) is 34.5 Å². The van der Waals surface area contributed by atoms with Crippen LogP contribution in [0.5, 0.6) is 0 Å². The Labute approximate surface area is 115 Å². The number of carbonyl (C=O) groups excluding carboxylic acids is 1. The highest BCUT2D eigenvalue weighted by atomic mass is 79.9. The van der Waals surface area contributed by atoms with E-state index in [-0.39, 0.29) is 11.9 Å². The van der Waals surface area contributed by atoms with Crippen molar-refractivity contribution in [3.05, 3.63) is 34.3 Å². The first-order valence-electron chi connectivity index (χ1n) is 5.38. The number of halogens is 1. The molecule has 1 amide bonds. The van der Waals surface area contributed by atoms with E-state index in [9.17, 15) is 4.79 Å². The van der Waals surface area contributed by atoms with Crippen LogP contribution in [0.25, 0.3) is 0 Å². The second kappa shape index (κ2) is 6.71. The lowest BCUT2D eigenvalue weighted by molar-refractivity contribution is 0.0936. The fourth-order valence-corrected chi connectivity index (χ4v) is 2.11. The van der Waals surface area contributed by atoms with E-state index in [0.29, 0.717) is 17.0 Å². The molecule has 0 saturated carbocycles. The van der Waals surface area contributed by atoms with Crippen LogP contribution in [0.2, 0.25) is 0 Å². The van der Waals surface area contributed by atoms with E-state index in [4.69, 9.17) is 18.0 Å². The summed E-state index contributed by atoms with van der Waals surface area (Å²) < 4.78 is 0.780. The van der Waals surface area contributed by atoms with E-state index in [1.807, 2.05) is 25.1 Å². The van der Waals surface area contributed by atoms with Crippen LogP contribution in [0, 0.1) is 0 Å². The van der Waals surface area contributed by atoms with Gasteiger partial charge in [0.05, 0.1) is 10.6 Å². The van der Waals surface area contributed by atoms with Crippen LogP contribution in [0.1, 0.15) is 30.1 Å². The number of nitrogens with two attached hydrogens (primary N) is 1. The fraction of sp³-hybridized carbons (Fsp3) is 0.333. The van der Waals surface area contributed by atoms with E-state index < -0.39 is 0 Å². The average Bonchev–Trinajstić information content (AvgIpc) is 2.27. The molecule has 0 aliphatic carbocycles. The van der Waals surface area contributed by atoms with Gasteiger partial charge in [-0.2, -0.15) is 0 Å². The second-order valence-electron chi connectivity index (χ2n) is 3.73. The number of nitrogens with one attached hydrogen (secondary N) is 1. The Balaban J connectivity index is 2.71. The molecule has 0 aliphatic heterocycles. The van der Waals surface area contributed by atoms with Crippen molar-refractivity contribution in [3.63, 3.8) is 0 Å². The summed E-state index contributed by atoms with van der Waals surface area (Å²) in [6.07, 6.45) is 1.33. The minimum atomic E-state index is -0.111. The molecular weight excluding hydrogens is 300 g/mol. The van der Waals surface area contributed by atoms with Gasteiger partial charge >= 0.3 is 0 Å². The Morgan fingerprint density at radius 1 is 1.53 bits per heavy atom. The van der Waals surface area contributed by atoms with Gasteiger partial charge in [-0.3, -0.25) is 4.79 Å². The molecule has 0 bridgehead atoms. The molecule has 0 fully saturated rings. The van der Waals surface area contributed by atoms with Crippen molar-refractivity contribution in [3.8, 4) is 0 Å². The van der Waals surface area contributed by atoms with E-state index in [0.717, 1.165) is 10.9 Å². The zero-order valence-corrected chi connectivity index (χ0v) is 12.0. The number of carbonyl (C=O) groups is 1. The zero-order chi connectivity index (χ0) is 12.8. The van der Waals surface area contributed by atoms with Crippen LogP contribution >= 0.6 is 28.1 Å². The zero-order valence-electron chi connectivity index (χ0n) is 9.57. The molecule has 1 rings (SSSR count). The maximum absolute atomic E-state index is 12.0. The van der Waals surface area contributed by atoms with Gasteiger partial charge in [0.15, 0.2) is 0 Å². The third kappa shape index (κ3) is 4.44. The molecule has 0 heterocycles. The van der Waals surface area contributed by atoms with Crippen molar-refractivity contribution in [2.24, 2.45) is 5.73 Å². The first-order chi connectivity index (χ1) is 8.04. The van der Waals surface area contributed by atoms with E-state index >= 15 is 0 Å². The number of hydrogen-bond acceptors (Lipinski definition) is 2. The van der Waals surface area contributed by atoms with Gasteiger partial charge in [-0.1, -0.05) is 31.3 Å². The molecule has 1 atom stereocenters. The Morgan fingerprint density at radius 2 is 2.18 bits per heavy atom. The summed E-state index contributed by atoms with van der Waals surface area (Å²) in [7, 11) is 0. The van der Waals surface area contributed by atoms with Crippen molar-refractivity contribution < 1.29 is 4.79 Å². The van der Waals surface area contributed by atoms with Crippen LogP contribution in [-0.4, -0.2) is 16.9 Å². The predicted molar refractivity (Wildman–Crippen MR) is 77.1 cm³/mol. The van der Waals surface area contributed by atoms with Crippen LogP contribution in [-0.2, 0) is 0 Å². The monoisotopic (exact) mass is 314 g/mol. The molecule has 17 heavy (non-hydrogen) atoms. The Kier molecular flexibility index (Phi) is 5.58. The molecular formula is C12H15BrN2OS. The van der Waals surface area contributed by atoms with Crippen LogP contribution < -0.4 is 11.1 Å². The van der Waals surface area contributed by atoms with Gasteiger partial charge in [0.2, 0.25) is 0 Å². The Hall–Kier alpha value is -0.940. The summed E-state index contributed by atoms with van der Waals surface area (Å²) in [5.74, 6) is -0.111. The van der Waals surface area contributed by atoms with Crippen molar-refractivity contribution in [1.82, 2.24) is 5.32 Å². The summed E-state index contributed by atoms with van der Waals surface area (Å²) in [5, 5.41) is 2.92. The van der Waals surface area contributed by atoms with Crippen molar-refractivity contribution in [2.75, 3.05) is 0 Å². The lowest BCUT2D eigenvalue weighted by Crippen LogP contribution is -2.37.